The molecule has 0 atom stereocenters. The molecule has 1 saturated heterocycles. The van der Waals surface area contributed by atoms with Crippen molar-refractivity contribution in [2.24, 2.45) is 0 Å². The smallest absolute Gasteiger partial charge is 0.269 e. The highest BCUT2D eigenvalue weighted by Crippen LogP contribution is 2.33. The van der Waals surface area contributed by atoms with Crippen molar-refractivity contribution >= 4 is 45.9 Å². The Balaban J connectivity index is 1.94. The lowest BCUT2D eigenvalue weighted by Gasteiger charge is -2.12. The van der Waals surface area contributed by atoms with Gasteiger partial charge in [-0.15, -0.1) is 0 Å². The number of amides is 1. The lowest BCUT2D eigenvalue weighted by atomic mass is 10.1. The zero-order valence-electron chi connectivity index (χ0n) is 16.9. The minimum atomic E-state index is -0.315. The number of aryl methyl sites for hydroxylation is 3. The number of thiocarbonyl (C=S) groups is 1. The van der Waals surface area contributed by atoms with Crippen LogP contribution in [0.3, 0.4) is 0 Å². The van der Waals surface area contributed by atoms with Gasteiger partial charge in [-0.2, -0.15) is 4.98 Å². The molecule has 0 saturated carbocycles. The van der Waals surface area contributed by atoms with Gasteiger partial charge in [0.1, 0.15) is 21.3 Å². The second-order valence-electron chi connectivity index (χ2n) is 7.19. The molecule has 2 aromatic heterocycles. The zero-order chi connectivity index (χ0) is 21.6. The quantitative estimate of drug-likeness (QED) is 0.451. The maximum atomic E-state index is 13.3. The lowest BCUT2D eigenvalue weighted by Crippen LogP contribution is -2.23. The van der Waals surface area contributed by atoms with Crippen molar-refractivity contribution in [1.29, 1.82) is 0 Å². The fourth-order valence-electron chi connectivity index (χ4n) is 3.27. The van der Waals surface area contributed by atoms with E-state index >= 15 is 0 Å². The number of benzene rings is 1. The van der Waals surface area contributed by atoms with Gasteiger partial charge in [0.2, 0.25) is 5.88 Å². The summed E-state index contributed by atoms with van der Waals surface area (Å²) in [4.78, 5) is 32.2. The average molecular weight is 438 g/mol. The molecule has 0 N–H and O–H groups in total. The Morgan fingerprint density at radius 3 is 2.47 bits per heavy atom. The highest BCUT2D eigenvalue weighted by Gasteiger charge is 2.30. The molecule has 6 nitrogen and oxygen atoms in total. The van der Waals surface area contributed by atoms with Gasteiger partial charge in [0.25, 0.3) is 11.5 Å². The third-order valence-corrected chi connectivity index (χ3v) is 6.21. The molecular formula is C22H19N3O3S2. The van der Waals surface area contributed by atoms with Gasteiger partial charge in [-0.05, 0) is 61.7 Å². The number of likely N-dealkylation sites (N-methyl/N-ethyl adjacent to an activating group) is 1. The first-order valence-electron chi connectivity index (χ1n) is 9.24. The SMILES string of the molecule is Cc1cc(C)cc(Oc2nc3c(C)cccn3c(=O)c2/C=C2/SC(=S)N(C)C2=O)c1. The fraction of sp³-hybridized carbons (Fsp3) is 0.182. The monoisotopic (exact) mass is 437 g/mol. The standard InChI is InChI=1S/C22H19N3O3S2/c1-12-8-13(2)10-15(9-12)28-19-16(11-17-21(27)24(4)22(29)30-17)20(26)25-7-5-6-14(3)18(25)23-19/h5-11H,1-4H3/b17-11+. The van der Waals surface area contributed by atoms with Crippen molar-refractivity contribution in [2.45, 2.75) is 20.8 Å². The van der Waals surface area contributed by atoms with Crippen LogP contribution >= 0.6 is 24.0 Å². The minimum absolute atomic E-state index is 0.153. The maximum absolute atomic E-state index is 13.3. The Kier molecular flexibility index (Phi) is 5.21. The summed E-state index contributed by atoms with van der Waals surface area (Å²) in [5, 5.41) is 0. The number of carbonyl (C=O) groups excluding carboxylic acids is 1. The van der Waals surface area contributed by atoms with Crippen LogP contribution in [0.15, 0.2) is 46.2 Å². The molecule has 152 valence electrons. The first-order chi connectivity index (χ1) is 14.2. The van der Waals surface area contributed by atoms with Gasteiger partial charge in [0, 0.05) is 13.2 Å². The highest BCUT2D eigenvalue weighted by molar-refractivity contribution is 8.26. The van der Waals surface area contributed by atoms with Crippen LogP contribution < -0.4 is 10.3 Å². The first kappa shape index (κ1) is 20.3. The van der Waals surface area contributed by atoms with Crippen LogP contribution in [0.5, 0.6) is 11.6 Å². The Morgan fingerprint density at radius 1 is 1.13 bits per heavy atom. The van der Waals surface area contributed by atoms with Crippen LogP contribution in [0.25, 0.3) is 11.7 Å². The summed E-state index contributed by atoms with van der Waals surface area (Å²) >= 11 is 6.35. The molecule has 3 aromatic rings. The molecule has 1 aliphatic rings. The van der Waals surface area contributed by atoms with E-state index in [0.29, 0.717) is 20.6 Å². The molecule has 0 bridgehead atoms. The van der Waals surface area contributed by atoms with Crippen molar-refractivity contribution in [3.05, 3.63) is 74.0 Å². The number of aromatic nitrogens is 2. The van der Waals surface area contributed by atoms with Gasteiger partial charge in [-0.3, -0.25) is 18.9 Å². The summed E-state index contributed by atoms with van der Waals surface area (Å²) in [5.41, 5.74) is 3.29. The zero-order valence-corrected chi connectivity index (χ0v) is 18.6. The number of nitrogens with zero attached hydrogens (tertiary/aromatic N) is 3. The van der Waals surface area contributed by atoms with Crippen molar-refractivity contribution < 1.29 is 9.53 Å². The molecule has 1 amide bonds. The van der Waals surface area contributed by atoms with Gasteiger partial charge in [-0.1, -0.05) is 36.1 Å². The van der Waals surface area contributed by atoms with Gasteiger partial charge in [0.15, 0.2) is 0 Å². The molecule has 1 aromatic carbocycles. The molecule has 4 rings (SSSR count). The van der Waals surface area contributed by atoms with Crippen molar-refractivity contribution in [3.63, 3.8) is 0 Å². The summed E-state index contributed by atoms with van der Waals surface area (Å²) in [6, 6.07) is 9.45. The summed E-state index contributed by atoms with van der Waals surface area (Å²) in [6.45, 7) is 5.82. The number of pyridine rings is 1. The molecular weight excluding hydrogens is 418 g/mol. The van der Waals surface area contributed by atoms with E-state index in [2.05, 4.69) is 4.98 Å². The van der Waals surface area contributed by atoms with Gasteiger partial charge in [0.05, 0.1) is 4.91 Å². The predicted octanol–water partition coefficient (Wildman–Crippen LogP) is 4.24. The summed E-state index contributed by atoms with van der Waals surface area (Å²) in [6.07, 6.45) is 3.17. The van der Waals surface area contributed by atoms with Gasteiger partial charge < -0.3 is 4.74 Å². The van der Waals surface area contributed by atoms with Crippen LogP contribution in [0, 0.1) is 20.8 Å². The van der Waals surface area contributed by atoms with Crippen LogP contribution in [0.2, 0.25) is 0 Å². The Hall–Kier alpha value is -2.97. The largest absolute Gasteiger partial charge is 0.438 e. The van der Waals surface area contributed by atoms with E-state index in [1.807, 2.05) is 45.0 Å². The minimum Gasteiger partial charge on any atom is -0.438 e. The summed E-state index contributed by atoms with van der Waals surface area (Å²) < 4.78 is 7.98. The number of carbonyl (C=O) groups is 1. The Bertz CT molecular complexity index is 1290. The van der Waals surface area contributed by atoms with Gasteiger partial charge >= 0.3 is 0 Å². The predicted molar refractivity (Wildman–Crippen MR) is 123 cm³/mol. The molecule has 1 aliphatic heterocycles. The van der Waals surface area contributed by atoms with Crippen molar-refractivity contribution in [3.8, 4) is 11.6 Å². The third-order valence-electron chi connectivity index (χ3n) is 4.72. The number of ether oxygens (including phenoxy) is 1. The van der Waals surface area contributed by atoms with Crippen LogP contribution in [0.1, 0.15) is 22.3 Å². The van der Waals surface area contributed by atoms with E-state index in [0.717, 1.165) is 28.5 Å². The summed E-state index contributed by atoms with van der Waals surface area (Å²) in [5.74, 6) is 0.479. The van der Waals surface area contributed by atoms with Gasteiger partial charge in [-0.25, -0.2) is 0 Å². The van der Waals surface area contributed by atoms with E-state index in [4.69, 9.17) is 17.0 Å². The van der Waals surface area contributed by atoms with Crippen LogP contribution in [-0.4, -0.2) is 31.6 Å². The molecule has 0 spiro atoms. The van der Waals surface area contributed by atoms with Crippen LogP contribution in [-0.2, 0) is 4.79 Å². The Labute approximate surface area is 183 Å². The van der Waals surface area contributed by atoms with E-state index < -0.39 is 0 Å². The number of hydrogen-bond donors (Lipinski definition) is 0. The topological polar surface area (TPSA) is 63.9 Å². The average Bonchev–Trinajstić information content (AvgIpc) is 2.91. The van der Waals surface area contributed by atoms with Crippen molar-refractivity contribution in [2.75, 3.05) is 7.05 Å². The van der Waals surface area contributed by atoms with E-state index in [9.17, 15) is 9.59 Å². The number of fused-ring (bicyclic) bond motifs is 1. The molecule has 3 heterocycles. The van der Waals surface area contributed by atoms with Crippen LogP contribution in [0.4, 0.5) is 0 Å². The lowest BCUT2D eigenvalue weighted by molar-refractivity contribution is -0.121. The molecule has 8 heteroatoms. The maximum Gasteiger partial charge on any atom is 0.269 e. The van der Waals surface area contributed by atoms with E-state index in [1.54, 1.807) is 19.3 Å². The normalized spacial score (nSPS) is 15.5. The molecule has 30 heavy (non-hydrogen) atoms. The third kappa shape index (κ3) is 3.64. The molecule has 0 aliphatic carbocycles. The summed E-state index contributed by atoms with van der Waals surface area (Å²) in [7, 11) is 1.61. The molecule has 0 radical (unpaired) electrons. The second-order valence-corrected chi connectivity index (χ2v) is 8.86. The van der Waals surface area contributed by atoms with Crippen molar-refractivity contribution in [1.82, 2.24) is 14.3 Å². The second kappa shape index (κ2) is 7.70. The number of rotatable bonds is 3. The van der Waals surface area contributed by atoms with E-state index in [1.165, 1.54) is 15.4 Å². The molecule has 1 fully saturated rings. The number of thioether (sulfide) groups is 1. The first-order valence-corrected chi connectivity index (χ1v) is 10.5. The highest BCUT2D eigenvalue weighted by atomic mass is 32.2. The molecule has 0 unspecified atom stereocenters. The fourth-order valence-corrected chi connectivity index (χ4v) is 4.43. The van der Waals surface area contributed by atoms with E-state index in [-0.39, 0.29) is 22.9 Å². The number of hydrogen-bond acceptors (Lipinski definition) is 6. The Morgan fingerprint density at radius 2 is 1.83 bits per heavy atom.